The summed E-state index contributed by atoms with van der Waals surface area (Å²) in [7, 11) is 0. The SMILES string of the molecule is C(#Cc1[c]ccc2ccccc12)c1ccc2ccccc2c1. The number of benzene rings is 4. The lowest BCUT2D eigenvalue weighted by Gasteiger charge is -1.99. The molecular weight excluding hydrogens is 264 g/mol. The Morgan fingerprint density at radius 1 is 0.636 bits per heavy atom. The maximum atomic E-state index is 3.26. The molecule has 0 saturated heterocycles. The summed E-state index contributed by atoms with van der Waals surface area (Å²) in [5, 5.41) is 4.81. The van der Waals surface area contributed by atoms with Crippen LogP contribution >= 0.6 is 0 Å². The summed E-state index contributed by atoms with van der Waals surface area (Å²) >= 11 is 0. The van der Waals surface area contributed by atoms with Crippen molar-refractivity contribution < 1.29 is 0 Å². The second-order valence-corrected chi connectivity index (χ2v) is 5.25. The molecule has 0 aliphatic carbocycles. The van der Waals surface area contributed by atoms with Gasteiger partial charge in [0.15, 0.2) is 0 Å². The van der Waals surface area contributed by atoms with Crippen molar-refractivity contribution in [2.75, 3.05) is 0 Å². The summed E-state index contributed by atoms with van der Waals surface area (Å²) in [6.07, 6.45) is 0. The van der Waals surface area contributed by atoms with Crippen LogP contribution in [0.25, 0.3) is 21.5 Å². The second-order valence-electron chi connectivity index (χ2n) is 5.25. The molecule has 0 fully saturated rings. The highest BCUT2D eigenvalue weighted by molar-refractivity contribution is 5.88. The van der Waals surface area contributed by atoms with Gasteiger partial charge in [-0.2, -0.15) is 0 Å². The molecule has 0 nitrogen and oxygen atoms in total. The molecule has 0 unspecified atom stereocenters. The summed E-state index contributed by atoms with van der Waals surface area (Å²) in [5.41, 5.74) is 1.98. The Labute approximate surface area is 130 Å². The molecule has 0 aliphatic rings. The molecule has 0 N–H and O–H groups in total. The summed E-state index contributed by atoms with van der Waals surface area (Å²) in [6.45, 7) is 0. The average Bonchev–Trinajstić information content (AvgIpc) is 2.60. The molecule has 0 bridgehead atoms. The Balaban J connectivity index is 1.80. The third-order valence-electron chi connectivity index (χ3n) is 3.80. The van der Waals surface area contributed by atoms with Crippen molar-refractivity contribution >= 4 is 21.5 Å². The van der Waals surface area contributed by atoms with Crippen molar-refractivity contribution in [3.63, 3.8) is 0 Å². The van der Waals surface area contributed by atoms with Crippen LogP contribution < -0.4 is 0 Å². The van der Waals surface area contributed by atoms with Gasteiger partial charge < -0.3 is 0 Å². The lowest BCUT2D eigenvalue weighted by molar-refractivity contribution is 1.67. The molecular formula is C22H13. The highest BCUT2D eigenvalue weighted by Gasteiger charge is 1.97. The van der Waals surface area contributed by atoms with Gasteiger partial charge in [-0.3, -0.25) is 0 Å². The first-order valence-corrected chi connectivity index (χ1v) is 7.30. The smallest absolute Gasteiger partial charge is 0.0406 e. The van der Waals surface area contributed by atoms with E-state index in [9.17, 15) is 0 Å². The van der Waals surface area contributed by atoms with Crippen molar-refractivity contribution in [2.24, 2.45) is 0 Å². The monoisotopic (exact) mass is 277 g/mol. The largest absolute Gasteiger partial charge is 0.0616 e. The van der Waals surface area contributed by atoms with E-state index in [0.717, 1.165) is 16.5 Å². The van der Waals surface area contributed by atoms with E-state index in [1.54, 1.807) is 0 Å². The van der Waals surface area contributed by atoms with Gasteiger partial charge in [0.1, 0.15) is 0 Å². The molecule has 0 aromatic heterocycles. The molecule has 0 saturated carbocycles. The van der Waals surface area contributed by atoms with E-state index in [1.807, 2.05) is 18.2 Å². The molecule has 0 heteroatoms. The van der Waals surface area contributed by atoms with E-state index >= 15 is 0 Å². The standard InChI is InChI=1S/C22H13/c1-2-8-21-16-17(12-14-18(21)6-1)13-15-20-10-5-9-19-7-3-4-11-22(19)20/h1-9,11-12,14,16H. The fraction of sp³-hybridized carbons (Fsp3) is 0. The Kier molecular flexibility index (Phi) is 3.11. The van der Waals surface area contributed by atoms with E-state index in [4.69, 9.17) is 0 Å². The summed E-state index contributed by atoms with van der Waals surface area (Å²) in [4.78, 5) is 0. The van der Waals surface area contributed by atoms with Crippen LogP contribution in [0.5, 0.6) is 0 Å². The van der Waals surface area contributed by atoms with Gasteiger partial charge in [0.05, 0.1) is 0 Å². The van der Waals surface area contributed by atoms with E-state index in [2.05, 4.69) is 78.6 Å². The molecule has 22 heavy (non-hydrogen) atoms. The lowest BCUT2D eigenvalue weighted by atomic mass is 10.0. The van der Waals surface area contributed by atoms with Crippen LogP contribution in [0, 0.1) is 17.9 Å². The predicted octanol–water partition coefficient (Wildman–Crippen LogP) is 5.19. The zero-order valence-electron chi connectivity index (χ0n) is 12.0. The van der Waals surface area contributed by atoms with E-state index in [1.165, 1.54) is 16.2 Å². The molecule has 1 radical (unpaired) electrons. The van der Waals surface area contributed by atoms with Crippen molar-refractivity contribution in [2.45, 2.75) is 0 Å². The zero-order valence-corrected chi connectivity index (χ0v) is 12.0. The van der Waals surface area contributed by atoms with E-state index in [0.29, 0.717) is 0 Å². The minimum Gasteiger partial charge on any atom is -0.0616 e. The van der Waals surface area contributed by atoms with Gasteiger partial charge in [0, 0.05) is 11.1 Å². The molecule has 101 valence electrons. The van der Waals surface area contributed by atoms with Crippen molar-refractivity contribution in [3.8, 4) is 11.8 Å². The van der Waals surface area contributed by atoms with Gasteiger partial charge in [-0.05, 0) is 39.7 Å². The highest BCUT2D eigenvalue weighted by Crippen LogP contribution is 2.18. The van der Waals surface area contributed by atoms with Crippen LogP contribution in [-0.2, 0) is 0 Å². The number of hydrogen-bond acceptors (Lipinski definition) is 0. The first-order chi connectivity index (χ1) is 10.9. The van der Waals surface area contributed by atoms with E-state index < -0.39 is 0 Å². The van der Waals surface area contributed by atoms with Gasteiger partial charge in [0.25, 0.3) is 0 Å². The van der Waals surface area contributed by atoms with Crippen LogP contribution in [0.3, 0.4) is 0 Å². The zero-order chi connectivity index (χ0) is 14.8. The predicted molar refractivity (Wildman–Crippen MR) is 92.7 cm³/mol. The molecule has 0 heterocycles. The highest BCUT2D eigenvalue weighted by atomic mass is 14.0. The fourth-order valence-corrected chi connectivity index (χ4v) is 2.67. The Hall–Kier alpha value is -3.04. The van der Waals surface area contributed by atoms with Gasteiger partial charge in [-0.1, -0.05) is 78.6 Å². The third kappa shape index (κ3) is 2.34. The Morgan fingerprint density at radius 3 is 2.32 bits per heavy atom. The van der Waals surface area contributed by atoms with Crippen LogP contribution in [0.1, 0.15) is 11.1 Å². The van der Waals surface area contributed by atoms with Gasteiger partial charge in [0.2, 0.25) is 0 Å². The quantitative estimate of drug-likeness (QED) is 0.388. The molecule has 4 aromatic carbocycles. The lowest BCUT2D eigenvalue weighted by Crippen LogP contribution is -1.81. The average molecular weight is 277 g/mol. The molecule has 0 atom stereocenters. The second kappa shape index (κ2) is 5.39. The first kappa shape index (κ1) is 12.7. The minimum atomic E-state index is 0.950. The van der Waals surface area contributed by atoms with Gasteiger partial charge >= 0.3 is 0 Å². The maximum absolute atomic E-state index is 3.26. The van der Waals surface area contributed by atoms with Crippen LogP contribution in [0.15, 0.2) is 78.9 Å². The Bertz CT molecular complexity index is 1020. The summed E-state index contributed by atoms with van der Waals surface area (Å²) in [6, 6.07) is 30.2. The molecule has 0 aliphatic heterocycles. The van der Waals surface area contributed by atoms with Crippen molar-refractivity contribution in [1.82, 2.24) is 0 Å². The minimum absolute atomic E-state index is 0.950. The van der Waals surface area contributed by atoms with Crippen molar-refractivity contribution in [1.29, 1.82) is 0 Å². The topological polar surface area (TPSA) is 0 Å². The molecule has 0 spiro atoms. The van der Waals surface area contributed by atoms with Gasteiger partial charge in [-0.25, -0.2) is 0 Å². The molecule has 4 rings (SSSR count). The van der Waals surface area contributed by atoms with Crippen LogP contribution in [0.4, 0.5) is 0 Å². The molecule has 4 aromatic rings. The van der Waals surface area contributed by atoms with Crippen molar-refractivity contribution in [3.05, 3.63) is 96.1 Å². The number of fused-ring (bicyclic) bond motifs is 2. The summed E-state index contributed by atoms with van der Waals surface area (Å²) < 4.78 is 0. The summed E-state index contributed by atoms with van der Waals surface area (Å²) in [5.74, 6) is 6.53. The number of hydrogen-bond donors (Lipinski definition) is 0. The molecule has 0 amide bonds. The van der Waals surface area contributed by atoms with Gasteiger partial charge in [-0.15, -0.1) is 0 Å². The fourth-order valence-electron chi connectivity index (χ4n) is 2.67. The van der Waals surface area contributed by atoms with Crippen LogP contribution in [-0.4, -0.2) is 0 Å². The maximum Gasteiger partial charge on any atom is 0.0406 e. The first-order valence-electron chi connectivity index (χ1n) is 7.30. The number of rotatable bonds is 0. The van der Waals surface area contributed by atoms with E-state index in [-0.39, 0.29) is 0 Å². The Morgan fingerprint density at radius 2 is 1.41 bits per heavy atom. The van der Waals surface area contributed by atoms with Crippen LogP contribution in [0.2, 0.25) is 0 Å². The third-order valence-corrected chi connectivity index (χ3v) is 3.80. The normalized spacial score (nSPS) is 10.4.